The van der Waals surface area contributed by atoms with E-state index in [1.807, 2.05) is 11.0 Å². The summed E-state index contributed by atoms with van der Waals surface area (Å²) in [5.74, 6) is 0.629. The van der Waals surface area contributed by atoms with E-state index in [2.05, 4.69) is 58.1 Å². The first kappa shape index (κ1) is 34.9. The minimum Gasteiger partial charge on any atom is -0.374 e. The van der Waals surface area contributed by atoms with Crippen LogP contribution in [0.3, 0.4) is 0 Å². The van der Waals surface area contributed by atoms with E-state index < -0.39 is 0 Å². The van der Waals surface area contributed by atoms with Crippen LogP contribution in [-0.4, -0.2) is 104 Å². The van der Waals surface area contributed by atoms with Crippen LogP contribution in [-0.2, 0) is 16.0 Å². The van der Waals surface area contributed by atoms with E-state index in [1.54, 1.807) is 6.07 Å². The lowest BCUT2D eigenvalue weighted by Gasteiger charge is -2.64. The Morgan fingerprint density at radius 3 is 2.65 bits per heavy atom. The van der Waals surface area contributed by atoms with Gasteiger partial charge in [0.15, 0.2) is 6.35 Å². The van der Waals surface area contributed by atoms with Crippen molar-refractivity contribution in [2.24, 2.45) is 17.3 Å². The molecule has 49 heavy (non-hydrogen) atoms. The van der Waals surface area contributed by atoms with Crippen LogP contribution in [0.2, 0.25) is 0 Å². The third-order valence-corrected chi connectivity index (χ3v) is 13.5. The number of nitrogens with one attached hydrogen (secondary N) is 2. The van der Waals surface area contributed by atoms with Gasteiger partial charge in [-0.05, 0) is 94.5 Å². The summed E-state index contributed by atoms with van der Waals surface area (Å²) < 4.78 is 22.4. The number of anilines is 1. The Morgan fingerprint density at radius 2 is 1.92 bits per heavy atom. The molecule has 4 unspecified atom stereocenters. The van der Waals surface area contributed by atoms with Crippen LogP contribution < -0.4 is 15.5 Å². The maximum Gasteiger partial charge on any atom is 0.246 e. The van der Waals surface area contributed by atoms with Crippen molar-refractivity contribution in [1.82, 2.24) is 25.3 Å². The maximum absolute atomic E-state index is 15.5. The van der Waals surface area contributed by atoms with Gasteiger partial charge in [0.1, 0.15) is 5.82 Å². The van der Waals surface area contributed by atoms with Crippen molar-refractivity contribution in [3.63, 3.8) is 0 Å². The standard InChI is InChI=1S/C39H58FN7O2/c1-4-35(48)47-22-21-46(24-29(47)17-19-41)36-32-16-18-38(23-31-33(40)14-9-15-34(31)45(3)27-38)26-39(32,28-11-7-5-6-8-12-28)43-37(42-36)49-25-30-13-10-20-44(30)2/h4,9,14-15,28-30,32,36-37,42-43H,1,5-8,10-13,16-18,20-27H2,2-3H3/t29-,30-,32?,36?,37?,38-,39?/m1/s1. The molecule has 1 aromatic carbocycles. The van der Waals surface area contributed by atoms with E-state index in [1.165, 1.54) is 51.0 Å². The highest BCUT2D eigenvalue weighted by molar-refractivity contribution is 5.87. The Balaban J connectivity index is 1.25. The molecule has 5 fully saturated rings. The number of hydrogen-bond donors (Lipinski definition) is 2. The summed E-state index contributed by atoms with van der Waals surface area (Å²) in [6, 6.07) is 8.15. The number of nitriles is 1. The number of nitrogens with zero attached hydrogens (tertiary/aromatic N) is 5. The maximum atomic E-state index is 15.5. The average Bonchev–Trinajstić information content (AvgIpc) is 3.31. The van der Waals surface area contributed by atoms with Gasteiger partial charge in [-0.2, -0.15) is 5.26 Å². The van der Waals surface area contributed by atoms with Crippen molar-refractivity contribution < 1.29 is 13.9 Å². The number of benzene rings is 1. The van der Waals surface area contributed by atoms with Gasteiger partial charge in [0.2, 0.25) is 5.91 Å². The number of carbonyl (C=O) groups is 1. The number of likely N-dealkylation sites (N-methyl/N-ethyl adjacent to an activating group) is 1. The normalized spacial score (nSPS) is 36.2. The quantitative estimate of drug-likeness (QED) is 0.314. The van der Waals surface area contributed by atoms with Crippen molar-refractivity contribution >= 4 is 11.6 Å². The molecule has 2 aliphatic carbocycles. The van der Waals surface area contributed by atoms with Gasteiger partial charge < -0.3 is 19.4 Å². The molecule has 2 N–H and O–H groups in total. The Morgan fingerprint density at radius 1 is 1.10 bits per heavy atom. The Kier molecular flexibility index (Phi) is 10.4. The molecule has 9 nitrogen and oxygen atoms in total. The molecule has 0 aromatic heterocycles. The second kappa shape index (κ2) is 14.6. The first-order valence-electron chi connectivity index (χ1n) is 19.1. The molecule has 0 bridgehead atoms. The van der Waals surface area contributed by atoms with Crippen molar-refractivity contribution in [1.29, 1.82) is 5.26 Å². The molecule has 4 aliphatic heterocycles. The van der Waals surface area contributed by atoms with Gasteiger partial charge in [-0.1, -0.05) is 38.3 Å². The van der Waals surface area contributed by atoms with Gasteiger partial charge in [-0.15, -0.1) is 0 Å². The van der Waals surface area contributed by atoms with E-state index in [0.29, 0.717) is 44.0 Å². The highest BCUT2D eigenvalue weighted by atomic mass is 19.1. The van der Waals surface area contributed by atoms with Crippen molar-refractivity contribution in [2.75, 3.05) is 58.3 Å². The molecule has 4 heterocycles. The summed E-state index contributed by atoms with van der Waals surface area (Å²) in [6.07, 6.45) is 15.1. The topological polar surface area (TPSA) is 87.1 Å². The largest absolute Gasteiger partial charge is 0.374 e. The molecule has 1 spiro atoms. The summed E-state index contributed by atoms with van der Waals surface area (Å²) in [5, 5.41) is 18.0. The number of likely N-dealkylation sites (tertiary alicyclic amines) is 1. The first-order valence-corrected chi connectivity index (χ1v) is 19.1. The number of carbonyl (C=O) groups excluding carboxylic acids is 1. The molecular weight excluding hydrogens is 617 g/mol. The van der Waals surface area contributed by atoms with E-state index in [0.717, 1.165) is 63.0 Å². The fourth-order valence-corrected chi connectivity index (χ4v) is 11.1. The minimum absolute atomic E-state index is 0.0423. The third kappa shape index (κ3) is 6.79. The Bertz CT molecular complexity index is 1400. The monoisotopic (exact) mass is 675 g/mol. The number of halogens is 1. The lowest BCUT2D eigenvalue weighted by atomic mass is 9.52. The molecule has 7 rings (SSSR count). The van der Waals surface area contributed by atoms with E-state index in [4.69, 9.17) is 4.74 Å². The lowest BCUT2D eigenvalue weighted by Crippen LogP contribution is -2.79. The highest BCUT2D eigenvalue weighted by Gasteiger charge is 2.60. The smallest absolute Gasteiger partial charge is 0.246 e. The van der Waals surface area contributed by atoms with E-state index in [-0.39, 0.29) is 41.2 Å². The van der Waals surface area contributed by atoms with Crippen LogP contribution in [0, 0.1) is 34.4 Å². The predicted molar refractivity (Wildman–Crippen MR) is 190 cm³/mol. The number of fused-ring (bicyclic) bond motifs is 2. The van der Waals surface area contributed by atoms with E-state index >= 15 is 4.39 Å². The Labute approximate surface area is 293 Å². The first-order chi connectivity index (χ1) is 23.8. The number of ether oxygens (including phenoxy) is 1. The van der Waals surface area contributed by atoms with Gasteiger partial charge in [0.25, 0.3) is 0 Å². The van der Waals surface area contributed by atoms with Gasteiger partial charge in [-0.3, -0.25) is 20.3 Å². The fraction of sp³-hybridized carbons (Fsp3) is 0.744. The zero-order valence-electron chi connectivity index (χ0n) is 29.8. The van der Waals surface area contributed by atoms with Crippen LogP contribution in [0.25, 0.3) is 0 Å². The van der Waals surface area contributed by atoms with Gasteiger partial charge in [-0.25, -0.2) is 4.39 Å². The molecule has 10 heteroatoms. The van der Waals surface area contributed by atoms with Gasteiger partial charge in [0, 0.05) is 62.0 Å². The zero-order valence-corrected chi connectivity index (χ0v) is 29.8. The van der Waals surface area contributed by atoms with E-state index in [9.17, 15) is 10.1 Å². The third-order valence-electron chi connectivity index (χ3n) is 13.5. The van der Waals surface area contributed by atoms with Crippen molar-refractivity contribution in [3.05, 3.63) is 42.2 Å². The second-order valence-corrected chi connectivity index (χ2v) is 16.3. The number of hydrogen-bond acceptors (Lipinski definition) is 8. The number of rotatable bonds is 7. The summed E-state index contributed by atoms with van der Waals surface area (Å²) in [7, 11) is 4.35. The van der Waals surface area contributed by atoms with Crippen molar-refractivity contribution in [2.45, 2.75) is 114 Å². The fourth-order valence-electron chi connectivity index (χ4n) is 11.1. The van der Waals surface area contributed by atoms with Crippen LogP contribution in [0.5, 0.6) is 0 Å². The molecular formula is C39H58FN7O2. The van der Waals surface area contributed by atoms with Crippen LogP contribution >= 0.6 is 0 Å². The molecule has 1 amide bonds. The molecule has 1 aromatic rings. The van der Waals surface area contributed by atoms with Crippen LogP contribution in [0.4, 0.5) is 10.1 Å². The molecule has 6 aliphatic rings. The Hall–Kier alpha value is -2.55. The second-order valence-electron chi connectivity index (χ2n) is 16.3. The summed E-state index contributed by atoms with van der Waals surface area (Å²) in [6.45, 7) is 8.41. The predicted octanol–water partition coefficient (Wildman–Crippen LogP) is 4.84. The zero-order chi connectivity index (χ0) is 34.2. The summed E-state index contributed by atoms with van der Waals surface area (Å²) in [4.78, 5) is 22.0. The SMILES string of the molecule is C=CC(=O)N1CCN(C2NC(OC[C@H]3CCCN3C)NC3(C4CCCCCC4)C[C@@]4(CCC23)Cc2c(F)cccc2N(C)C4)C[C@H]1CC#N. The average molecular weight is 676 g/mol. The minimum atomic E-state index is -0.318. The van der Waals surface area contributed by atoms with Gasteiger partial charge in [0.05, 0.1) is 31.3 Å². The van der Waals surface area contributed by atoms with Crippen molar-refractivity contribution in [3.8, 4) is 6.07 Å². The summed E-state index contributed by atoms with van der Waals surface area (Å²) >= 11 is 0. The van der Waals surface area contributed by atoms with Crippen LogP contribution in [0.15, 0.2) is 30.9 Å². The molecule has 7 atom stereocenters. The lowest BCUT2D eigenvalue weighted by molar-refractivity contribution is -0.164. The summed E-state index contributed by atoms with van der Waals surface area (Å²) in [5.41, 5.74) is 1.67. The molecule has 3 saturated heterocycles. The number of amides is 1. The molecule has 268 valence electrons. The number of piperazine rings is 1. The molecule has 0 radical (unpaired) electrons. The molecule has 2 saturated carbocycles. The highest BCUT2D eigenvalue weighted by Crippen LogP contribution is 2.57. The van der Waals surface area contributed by atoms with Gasteiger partial charge >= 0.3 is 0 Å². The van der Waals surface area contributed by atoms with Crippen LogP contribution in [0.1, 0.15) is 82.6 Å².